The average Bonchev–Trinajstić information content (AvgIpc) is 2.43. The van der Waals surface area contributed by atoms with Gasteiger partial charge in [0.15, 0.2) is 5.78 Å². The van der Waals surface area contributed by atoms with Crippen molar-refractivity contribution in [1.82, 2.24) is 0 Å². The van der Waals surface area contributed by atoms with Crippen LogP contribution >= 0.6 is 7.82 Å². The minimum atomic E-state index is -4.81. The molecule has 152 valence electrons. The Balaban J connectivity index is 4.42. The van der Waals surface area contributed by atoms with Gasteiger partial charge in [0, 0.05) is 12.5 Å². The second-order valence-electron chi connectivity index (χ2n) is 6.93. The van der Waals surface area contributed by atoms with Crippen LogP contribution in [0.25, 0.3) is 0 Å². The summed E-state index contributed by atoms with van der Waals surface area (Å²) in [5, 5.41) is 0. The molecule has 0 aliphatic carbocycles. The molecule has 0 aliphatic rings. The fourth-order valence-electron chi connectivity index (χ4n) is 2.30. The predicted octanol–water partition coefficient (Wildman–Crippen LogP) is 4.95. The number of hydrogen-bond acceptors (Lipinski definition) is 4. The molecular weight excluding hydrogens is 367 g/mol. The Labute approximate surface area is 161 Å². The Morgan fingerprint density at radius 3 is 1.89 bits per heavy atom. The van der Waals surface area contributed by atoms with E-state index in [0.717, 1.165) is 30.1 Å². The molecule has 0 saturated heterocycles. The van der Waals surface area contributed by atoms with Crippen LogP contribution in [0.4, 0.5) is 0 Å². The summed E-state index contributed by atoms with van der Waals surface area (Å²) in [6.07, 6.45) is 10.1. The normalized spacial score (nSPS) is 13.4. The van der Waals surface area contributed by atoms with E-state index in [9.17, 15) is 14.2 Å². The highest BCUT2D eigenvalue weighted by Gasteiger charge is 2.18. The lowest BCUT2D eigenvalue weighted by Gasteiger charge is -2.04. The van der Waals surface area contributed by atoms with E-state index in [1.165, 1.54) is 5.57 Å². The third-order valence-corrected chi connectivity index (χ3v) is 3.97. The minimum absolute atomic E-state index is 0.0657. The van der Waals surface area contributed by atoms with Gasteiger partial charge in [-0.15, -0.1) is 0 Å². The standard InChI is InChI=1S/C20H31O6P/c1-15(2)8-6-9-16(3)12-19(21)13-17(4)10-7-11-18(5)14-20(22)26-27(23,24)25/h8,10,12,14H,6-7,9,11,13H2,1-5H3,(H2,23,24,25)/b16-12+,17-10+,18-14+. The fraction of sp³-hybridized carbons (Fsp3) is 0.500. The quantitative estimate of drug-likeness (QED) is 0.290. The van der Waals surface area contributed by atoms with Gasteiger partial charge in [0.1, 0.15) is 0 Å². The SMILES string of the molecule is CC(C)=CCC/C(C)=C/C(=O)C/C(C)=C/CC/C(C)=C/C(=O)OP(=O)(O)O. The highest BCUT2D eigenvalue weighted by atomic mass is 31.2. The molecule has 0 rings (SSSR count). The summed E-state index contributed by atoms with van der Waals surface area (Å²) in [7, 11) is -4.81. The summed E-state index contributed by atoms with van der Waals surface area (Å²) in [4.78, 5) is 40.4. The van der Waals surface area contributed by atoms with Crippen LogP contribution in [0.5, 0.6) is 0 Å². The Hall–Kier alpha value is -1.75. The Kier molecular flexibility index (Phi) is 11.8. The molecule has 0 unspecified atom stereocenters. The van der Waals surface area contributed by atoms with Gasteiger partial charge in [-0.25, -0.2) is 9.36 Å². The molecule has 0 spiro atoms. The lowest BCUT2D eigenvalue weighted by atomic mass is 10.0. The van der Waals surface area contributed by atoms with Crippen molar-refractivity contribution in [3.8, 4) is 0 Å². The van der Waals surface area contributed by atoms with Crippen molar-refractivity contribution in [2.45, 2.75) is 66.7 Å². The fourth-order valence-corrected chi connectivity index (χ4v) is 2.58. The van der Waals surface area contributed by atoms with Gasteiger partial charge in [-0.2, -0.15) is 0 Å². The second kappa shape index (κ2) is 12.6. The second-order valence-corrected chi connectivity index (χ2v) is 8.10. The molecule has 7 heteroatoms. The van der Waals surface area contributed by atoms with Crippen LogP contribution in [0.2, 0.25) is 0 Å². The van der Waals surface area contributed by atoms with E-state index < -0.39 is 13.8 Å². The van der Waals surface area contributed by atoms with Crippen molar-refractivity contribution in [3.63, 3.8) is 0 Å². The van der Waals surface area contributed by atoms with E-state index in [1.807, 2.05) is 19.9 Å². The van der Waals surface area contributed by atoms with Crippen LogP contribution in [0.3, 0.4) is 0 Å². The summed E-state index contributed by atoms with van der Waals surface area (Å²) >= 11 is 0. The monoisotopic (exact) mass is 398 g/mol. The van der Waals surface area contributed by atoms with Crippen molar-refractivity contribution < 1.29 is 28.5 Å². The summed E-state index contributed by atoms with van der Waals surface area (Å²) in [6.45, 7) is 9.62. The topological polar surface area (TPSA) is 101 Å². The highest BCUT2D eigenvalue weighted by Crippen LogP contribution is 2.36. The first-order valence-electron chi connectivity index (χ1n) is 8.84. The number of hydrogen-bond donors (Lipinski definition) is 2. The zero-order valence-electron chi connectivity index (χ0n) is 16.8. The molecule has 0 aromatic carbocycles. The first kappa shape index (κ1) is 25.2. The molecule has 0 bridgehead atoms. The number of phosphoric ester groups is 1. The zero-order chi connectivity index (χ0) is 21.0. The van der Waals surface area contributed by atoms with Gasteiger partial charge < -0.3 is 4.52 Å². The van der Waals surface area contributed by atoms with Gasteiger partial charge >= 0.3 is 13.8 Å². The molecule has 0 aromatic heterocycles. The molecule has 0 heterocycles. The number of ketones is 1. The summed E-state index contributed by atoms with van der Waals surface area (Å²) in [5.41, 5.74) is 3.91. The van der Waals surface area contributed by atoms with Crippen molar-refractivity contribution in [2.75, 3.05) is 0 Å². The predicted molar refractivity (Wildman–Crippen MR) is 107 cm³/mol. The molecule has 0 aromatic rings. The van der Waals surface area contributed by atoms with E-state index in [-0.39, 0.29) is 5.78 Å². The van der Waals surface area contributed by atoms with Crippen LogP contribution in [0.15, 0.2) is 46.6 Å². The van der Waals surface area contributed by atoms with E-state index >= 15 is 0 Å². The number of carbonyl (C=O) groups excluding carboxylic acids is 2. The Morgan fingerprint density at radius 1 is 0.852 bits per heavy atom. The molecular formula is C20H31O6P. The van der Waals surface area contributed by atoms with Crippen LogP contribution in [0, 0.1) is 0 Å². The van der Waals surface area contributed by atoms with Gasteiger partial charge in [0.2, 0.25) is 0 Å². The van der Waals surface area contributed by atoms with Crippen molar-refractivity contribution in [3.05, 3.63) is 46.6 Å². The maximum absolute atomic E-state index is 12.1. The van der Waals surface area contributed by atoms with Gasteiger partial charge in [0.25, 0.3) is 0 Å². The van der Waals surface area contributed by atoms with E-state index in [1.54, 1.807) is 13.0 Å². The molecule has 0 fully saturated rings. The van der Waals surface area contributed by atoms with Gasteiger partial charge in [-0.1, -0.05) is 34.4 Å². The smallest absolute Gasteiger partial charge is 0.367 e. The van der Waals surface area contributed by atoms with Crippen LogP contribution in [0.1, 0.15) is 66.7 Å². The molecule has 0 radical (unpaired) electrons. The highest BCUT2D eigenvalue weighted by molar-refractivity contribution is 7.46. The number of phosphoric acid groups is 1. The zero-order valence-corrected chi connectivity index (χ0v) is 17.7. The third-order valence-electron chi connectivity index (χ3n) is 3.56. The molecule has 2 N–H and O–H groups in total. The molecule has 27 heavy (non-hydrogen) atoms. The molecule has 0 amide bonds. The van der Waals surface area contributed by atoms with Gasteiger partial charge in [-0.3, -0.25) is 14.6 Å². The van der Waals surface area contributed by atoms with E-state index in [2.05, 4.69) is 24.4 Å². The van der Waals surface area contributed by atoms with Gasteiger partial charge in [-0.05, 0) is 66.4 Å². The average molecular weight is 398 g/mol. The summed E-state index contributed by atoms with van der Waals surface area (Å²) in [5.74, 6) is -0.999. The number of carbonyl (C=O) groups is 2. The maximum Gasteiger partial charge on any atom is 0.527 e. The molecule has 0 saturated carbocycles. The Morgan fingerprint density at radius 2 is 1.37 bits per heavy atom. The van der Waals surface area contributed by atoms with E-state index in [0.29, 0.717) is 24.8 Å². The van der Waals surface area contributed by atoms with Crippen LogP contribution in [-0.2, 0) is 18.7 Å². The molecule has 0 aliphatic heterocycles. The largest absolute Gasteiger partial charge is 0.527 e. The van der Waals surface area contributed by atoms with Crippen molar-refractivity contribution in [1.29, 1.82) is 0 Å². The first-order valence-corrected chi connectivity index (χ1v) is 10.4. The van der Waals surface area contributed by atoms with Gasteiger partial charge in [0.05, 0.1) is 0 Å². The number of allylic oxidation sites excluding steroid dienone is 7. The summed E-state index contributed by atoms with van der Waals surface area (Å²) in [6, 6.07) is 0. The van der Waals surface area contributed by atoms with Crippen molar-refractivity contribution >= 4 is 19.6 Å². The molecule has 0 atom stereocenters. The summed E-state index contributed by atoms with van der Waals surface area (Å²) < 4.78 is 14.5. The van der Waals surface area contributed by atoms with E-state index in [4.69, 9.17) is 9.79 Å². The van der Waals surface area contributed by atoms with Crippen LogP contribution in [-0.4, -0.2) is 21.5 Å². The number of rotatable bonds is 11. The third kappa shape index (κ3) is 16.2. The van der Waals surface area contributed by atoms with Crippen molar-refractivity contribution in [2.24, 2.45) is 0 Å². The first-order chi connectivity index (χ1) is 12.4. The molecule has 6 nitrogen and oxygen atoms in total. The lowest BCUT2D eigenvalue weighted by Crippen LogP contribution is -1.99. The maximum atomic E-state index is 12.1. The Bertz CT molecular complexity index is 687. The van der Waals surface area contributed by atoms with Crippen LogP contribution < -0.4 is 0 Å². The minimum Gasteiger partial charge on any atom is -0.367 e. The lowest BCUT2D eigenvalue weighted by molar-refractivity contribution is -0.130.